The van der Waals surface area contributed by atoms with E-state index in [1.165, 1.54) is 0 Å². The van der Waals surface area contributed by atoms with E-state index in [9.17, 15) is 9.90 Å². The van der Waals surface area contributed by atoms with Gasteiger partial charge >= 0.3 is 0 Å². The Morgan fingerprint density at radius 3 is 2.76 bits per heavy atom. The van der Waals surface area contributed by atoms with Crippen LogP contribution in [-0.2, 0) is 10.2 Å². The molecule has 25 heavy (non-hydrogen) atoms. The molecular formula is C19H24N4O2. The van der Waals surface area contributed by atoms with Gasteiger partial charge in [0.25, 0.3) is 0 Å². The number of aliphatic hydroxyl groups excluding tert-OH is 1. The number of nitrogens with zero attached hydrogens (tertiary/aromatic N) is 3. The molecule has 6 heteroatoms. The zero-order valence-electron chi connectivity index (χ0n) is 14.4. The van der Waals surface area contributed by atoms with Crippen molar-refractivity contribution in [1.29, 1.82) is 0 Å². The van der Waals surface area contributed by atoms with Gasteiger partial charge in [-0.05, 0) is 43.4 Å². The number of carbonyl (C=O) groups is 1. The number of aryl methyl sites for hydroxylation is 1. The number of pyridine rings is 1. The number of aliphatic hydroxyl groups is 1. The van der Waals surface area contributed by atoms with Crippen molar-refractivity contribution in [2.45, 2.75) is 62.6 Å². The number of nitrogens with one attached hydrogen (secondary N) is 1. The summed E-state index contributed by atoms with van der Waals surface area (Å²) in [6.07, 6.45) is 11.2. The van der Waals surface area contributed by atoms with Crippen molar-refractivity contribution in [1.82, 2.24) is 20.1 Å². The first-order chi connectivity index (χ1) is 12.1. The number of hydrogen-bond acceptors (Lipinski definition) is 4. The SMILES string of the molecule is Cc1cnn([C@H]2[C@H](O)C[C@@H]2NC(=O)C2(c3cccnc3)CCCC2)c1. The normalized spacial score (nSPS) is 27.7. The lowest BCUT2D eigenvalue weighted by Crippen LogP contribution is -2.59. The third-order valence-electron chi connectivity index (χ3n) is 5.76. The smallest absolute Gasteiger partial charge is 0.231 e. The van der Waals surface area contributed by atoms with Gasteiger partial charge in [0.1, 0.15) is 0 Å². The molecule has 0 spiro atoms. The lowest BCUT2D eigenvalue weighted by atomic mass is 9.76. The average molecular weight is 340 g/mol. The number of rotatable bonds is 4. The van der Waals surface area contributed by atoms with Crippen LogP contribution in [0.25, 0.3) is 0 Å². The highest BCUT2D eigenvalue weighted by Gasteiger charge is 2.48. The summed E-state index contributed by atoms with van der Waals surface area (Å²) in [5.74, 6) is 0.0591. The van der Waals surface area contributed by atoms with Crippen molar-refractivity contribution in [3.8, 4) is 0 Å². The number of aromatic nitrogens is 3. The van der Waals surface area contributed by atoms with Crippen LogP contribution in [0.1, 0.15) is 49.3 Å². The summed E-state index contributed by atoms with van der Waals surface area (Å²) in [4.78, 5) is 17.4. The molecule has 2 aliphatic carbocycles. The molecule has 0 saturated heterocycles. The molecule has 2 aromatic heterocycles. The monoisotopic (exact) mass is 340 g/mol. The maximum Gasteiger partial charge on any atom is 0.231 e. The zero-order chi connectivity index (χ0) is 17.4. The fourth-order valence-corrected chi connectivity index (χ4v) is 4.29. The number of hydrogen-bond donors (Lipinski definition) is 2. The van der Waals surface area contributed by atoms with Crippen molar-refractivity contribution >= 4 is 5.91 Å². The Bertz CT molecular complexity index is 752. The van der Waals surface area contributed by atoms with Crippen LogP contribution in [0.15, 0.2) is 36.9 Å². The van der Waals surface area contributed by atoms with Gasteiger partial charge in [-0.1, -0.05) is 18.9 Å². The summed E-state index contributed by atoms with van der Waals surface area (Å²) < 4.78 is 1.78. The van der Waals surface area contributed by atoms with E-state index in [4.69, 9.17) is 0 Å². The first kappa shape index (κ1) is 16.3. The minimum Gasteiger partial charge on any atom is -0.391 e. The minimum absolute atomic E-state index is 0.0591. The van der Waals surface area contributed by atoms with Crippen molar-refractivity contribution < 1.29 is 9.90 Å². The van der Waals surface area contributed by atoms with E-state index in [1.807, 2.05) is 31.5 Å². The second-order valence-corrected chi connectivity index (χ2v) is 7.40. The summed E-state index contributed by atoms with van der Waals surface area (Å²) in [6, 6.07) is 3.62. The van der Waals surface area contributed by atoms with Gasteiger partial charge in [-0.2, -0.15) is 5.10 Å². The zero-order valence-corrected chi connectivity index (χ0v) is 14.4. The van der Waals surface area contributed by atoms with E-state index >= 15 is 0 Å². The maximum atomic E-state index is 13.2. The molecule has 0 aliphatic heterocycles. The summed E-state index contributed by atoms with van der Waals surface area (Å²) in [6.45, 7) is 1.97. The molecule has 1 amide bonds. The van der Waals surface area contributed by atoms with Crippen LogP contribution in [0.4, 0.5) is 0 Å². The Morgan fingerprint density at radius 1 is 1.36 bits per heavy atom. The summed E-state index contributed by atoms with van der Waals surface area (Å²) >= 11 is 0. The molecule has 6 nitrogen and oxygen atoms in total. The van der Waals surface area contributed by atoms with Crippen LogP contribution in [0.5, 0.6) is 0 Å². The second-order valence-electron chi connectivity index (χ2n) is 7.40. The first-order valence-electron chi connectivity index (χ1n) is 9.00. The van der Waals surface area contributed by atoms with E-state index in [2.05, 4.69) is 15.4 Å². The highest BCUT2D eigenvalue weighted by molar-refractivity contribution is 5.88. The molecule has 0 unspecified atom stereocenters. The Kier molecular flexibility index (Phi) is 4.07. The Balaban J connectivity index is 1.54. The molecular weight excluding hydrogens is 316 g/mol. The number of carbonyl (C=O) groups excluding carboxylic acids is 1. The minimum atomic E-state index is -0.487. The van der Waals surface area contributed by atoms with Gasteiger partial charge in [0.15, 0.2) is 0 Å². The molecule has 2 fully saturated rings. The van der Waals surface area contributed by atoms with Gasteiger partial charge in [0, 0.05) is 18.6 Å². The molecule has 0 aromatic carbocycles. The highest BCUT2D eigenvalue weighted by atomic mass is 16.3. The van der Waals surface area contributed by atoms with Crippen LogP contribution in [0, 0.1) is 6.92 Å². The lowest BCUT2D eigenvalue weighted by Gasteiger charge is -2.43. The molecule has 4 rings (SSSR count). The largest absolute Gasteiger partial charge is 0.391 e. The Labute approximate surface area is 147 Å². The van der Waals surface area contributed by atoms with Crippen LogP contribution in [0.3, 0.4) is 0 Å². The van der Waals surface area contributed by atoms with Gasteiger partial charge in [0.05, 0.1) is 29.8 Å². The predicted molar refractivity (Wildman–Crippen MR) is 92.9 cm³/mol. The van der Waals surface area contributed by atoms with Crippen molar-refractivity contribution in [2.24, 2.45) is 0 Å². The van der Waals surface area contributed by atoms with Crippen LogP contribution in [-0.4, -0.2) is 37.9 Å². The summed E-state index contributed by atoms with van der Waals surface area (Å²) in [5, 5.41) is 17.7. The molecule has 3 atom stereocenters. The van der Waals surface area contributed by atoms with E-state index < -0.39 is 11.5 Å². The van der Waals surface area contributed by atoms with Gasteiger partial charge < -0.3 is 10.4 Å². The number of amides is 1. The van der Waals surface area contributed by atoms with Crippen molar-refractivity contribution in [2.75, 3.05) is 0 Å². The summed E-state index contributed by atoms with van der Waals surface area (Å²) in [7, 11) is 0. The van der Waals surface area contributed by atoms with E-state index in [-0.39, 0.29) is 18.0 Å². The van der Waals surface area contributed by atoms with Crippen LogP contribution >= 0.6 is 0 Å². The highest BCUT2D eigenvalue weighted by Crippen LogP contribution is 2.42. The third kappa shape index (κ3) is 2.74. The molecule has 2 saturated carbocycles. The molecule has 2 heterocycles. The van der Waals surface area contributed by atoms with Gasteiger partial charge in [0.2, 0.25) is 5.91 Å². The quantitative estimate of drug-likeness (QED) is 0.891. The Morgan fingerprint density at radius 2 is 2.16 bits per heavy atom. The topological polar surface area (TPSA) is 80.0 Å². The van der Waals surface area contributed by atoms with Gasteiger partial charge in [-0.15, -0.1) is 0 Å². The average Bonchev–Trinajstić information content (AvgIpc) is 3.25. The summed E-state index contributed by atoms with van der Waals surface area (Å²) in [5.41, 5.74) is 1.56. The lowest BCUT2D eigenvalue weighted by molar-refractivity contribution is -0.130. The first-order valence-corrected chi connectivity index (χ1v) is 9.00. The second kappa shape index (κ2) is 6.26. The molecule has 132 valence electrons. The Hall–Kier alpha value is -2.21. The fraction of sp³-hybridized carbons (Fsp3) is 0.526. The standard InChI is InChI=1S/C19H24N4O2/c1-13-10-21-23(12-13)17-15(9-16(17)24)22-18(25)19(6-2-3-7-19)14-5-4-8-20-11-14/h4-5,8,10-12,15-17,24H,2-3,6-7,9H2,1H3,(H,22,25)/t15-,16+,17+/m0/s1. The van der Waals surface area contributed by atoms with E-state index in [1.54, 1.807) is 17.1 Å². The van der Waals surface area contributed by atoms with Crippen LogP contribution in [0.2, 0.25) is 0 Å². The van der Waals surface area contributed by atoms with E-state index in [0.717, 1.165) is 36.8 Å². The van der Waals surface area contributed by atoms with Crippen LogP contribution < -0.4 is 5.32 Å². The van der Waals surface area contributed by atoms with Gasteiger partial charge in [-0.3, -0.25) is 14.5 Å². The molecule has 2 N–H and O–H groups in total. The molecule has 2 aromatic rings. The maximum absolute atomic E-state index is 13.2. The van der Waals surface area contributed by atoms with Gasteiger partial charge in [-0.25, -0.2) is 0 Å². The molecule has 2 aliphatic rings. The van der Waals surface area contributed by atoms with Crippen molar-refractivity contribution in [3.63, 3.8) is 0 Å². The van der Waals surface area contributed by atoms with Crippen molar-refractivity contribution in [3.05, 3.63) is 48.0 Å². The third-order valence-corrected chi connectivity index (χ3v) is 5.76. The molecule has 0 bridgehead atoms. The molecule has 0 radical (unpaired) electrons. The van der Waals surface area contributed by atoms with E-state index in [0.29, 0.717) is 6.42 Å². The predicted octanol–water partition coefficient (Wildman–Crippen LogP) is 1.89. The fourth-order valence-electron chi connectivity index (χ4n) is 4.29.